The van der Waals surface area contributed by atoms with Crippen LogP contribution in [-0.4, -0.2) is 12.9 Å². The third-order valence-electron chi connectivity index (χ3n) is 2.12. The fourth-order valence-corrected chi connectivity index (χ4v) is 1.81. The lowest BCUT2D eigenvalue weighted by Crippen LogP contribution is -2.17. The lowest BCUT2D eigenvalue weighted by Gasteiger charge is -2.13. The number of hydrogen-bond donors (Lipinski definition) is 1. The van der Waals surface area contributed by atoms with Gasteiger partial charge in [0, 0.05) is 11.6 Å². The molecule has 0 bridgehead atoms. The average molecular weight is 238 g/mol. The second-order valence-corrected chi connectivity index (χ2v) is 3.53. The number of alkyl halides is 3. The van der Waals surface area contributed by atoms with Gasteiger partial charge in [-0.15, -0.1) is 13.2 Å². The number of rotatable bonds is 1. The summed E-state index contributed by atoms with van der Waals surface area (Å²) in [6.07, 6.45) is -4.06. The van der Waals surface area contributed by atoms with Gasteiger partial charge in [0.05, 0.1) is 5.69 Å². The molecule has 0 unspecified atom stereocenters. The van der Waals surface area contributed by atoms with Crippen LogP contribution in [-0.2, 0) is 6.42 Å². The molecule has 0 spiro atoms. The summed E-state index contributed by atoms with van der Waals surface area (Å²) in [7, 11) is 0. The molecule has 0 saturated heterocycles. The summed E-state index contributed by atoms with van der Waals surface area (Å²) in [5.41, 5.74) is 1.03. The molecule has 1 aromatic carbocycles. The highest BCUT2D eigenvalue weighted by Gasteiger charge is 2.33. The summed E-state index contributed by atoms with van der Waals surface area (Å²) < 4.78 is 40.0. The maximum absolute atomic E-state index is 12.0. The SMILES string of the molecule is FC(F)(F)Oc1ccc(Cl)c2c1NCC2. The van der Waals surface area contributed by atoms with E-state index >= 15 is 0 Å². The molecular formula is C9H7ClF3NO. The molecule has 2 rings (SSSR count). The van der Waals surface area contributed by atoms with E-state index in [0.717, 1.165) is 0 Å². The molecule has 1 aliphatic heterocycles. The van der Waals surface area contributed by atoms with Crippen molar-refractivity contribution in [2.45, 2.75) is 12.8 Å². The minimum absolute atomic E-state index is 0.223. The maximum atomic E-state index is 12.0. The predicted molar refractivity (Wildman–Crippen MR) is 50.3 cm³/mol. The van der Waals surface area contributed by atoms with Gasteiger partial charge < -0.3 is 10.1 Å². The molecular weight excluding hydrogens is 231 g/mol. The molecule has 1 aliphatic rings. The number of ether oxygens (including phenoxy) is 1. The van der Waals surface area contributed by atoms with Crippen LogP contribution < -0.4 is 10.1 Å². The van der Waals surface area contributed by atoms with Crippen molar-refractivity contribution in [2.75, 3.05) is 11.9 Å². The van der Waals surface area contributed by atoms with Gasteiger partial charge in [-0.1, -0.05) is 11.6 Å². The molecule has 0 radical (unpaired) electrons. The van der Waals surface area contributed by atoms with Crippen molar-refractivity contribution in [3.8, 4) is 5.75 Å². The summed E-state index contributed by atoms with van der Waals surface area (Å²) in [5, 5.41) is 3.29. The van der Waals surface area contributed by atoms with Crippen molar-refractivity contribution in [1.82, 2.24) is 0 Å². The van der Waals surface area contributed by atoms with E-state index in [1.807, 2.05) is 0 Å². The van der Waals surface area contributed by atoms with Crippen molar-refractivity contribution in [2.24, 2.45) is 0 Å². The van der Waals surface area contributed by atoms with Crippen molar-refractivity contribution < 1.29 is 17.9 Å². The fourth-order valence-electron chi connectivity index (χ4n) is 1.56. The quantitative estimate of drug-likeness (QED) is 0.810. The van der Waals surface area contributed by atoms with E-state index in [1.165, 1.54) is 12.1 Å². The van der Waals surface area contributed by atoms with E-state index in [2.05, 4.69) is 10.1 Å². The largest absolute Gasteiger partial charge is 0.573 e. The zero-order valence-electron chi connectivity index (χ0n) is 7.49. The van der Waals surface area contributed by atoms with Crippen LogP contribution in [0, 0.1) is 0 Å². The molecule has 1 heterocycles. The van der Waals surface area contributed by atoms with Gasteiger partial charge in [-0.25, -0.2) is 0 Å². The number of benzene rings is 1. The molecule has 1 N–H and O–H groups in total. The van der Waals surface area contributed by atoms with Crippen molar-refractivity contribution in [1.29, 1.82) is 0 Å². The number of nitrogens with one attached hydrogen (secondary N) is 1. The standard InChI is InChI=1S/C9H7ClF3NO/c10-6-1-2-7(15-9(11,12)13)8-5(6)3-4-14-8/h1-2,14H,3-4H2. The van der Waals surface area contributed by atoms with E-state index < -0.39 is 6.36 Å². The van der Waals surface area contributed by atoms with E-state index in [1.54, 1.807) is 0 Å². The molecule has 0 amide bonds. The number of anilines is 1. The van der Waals surface area contributed by atoms with Crippen LogP contribution >= 0.6 is 11.6 Å². The van der Waals surface area contributed by atoms with Crippen LogP contribution in [0.3, 0.4) is 0 Å². The number of hydrogen-bond acceptors (Lipinski definition) is 2. The molecule has 82 valence electrons. The molecule has 15 heavy (non-hydrogen) atoms. The summed E-state index contributed by atoms with van der Waals surface area (Å²) in [6, 6.07) is 2.63. The van der Waals surface area contributed by atoms with Gasteiger partial charge in [0.1, 0.15) is 0 Å². The van der Waals surface area contributed by atoms with Crippen LogP contribution in [0.5, 0.6) is 5.75 Å². The van der Waals surface area contributed by atoms with Crippen LogP contribution in [0.4, 0.5) is 18.9 Å². The van der Waals surface area contributed by atoms with Gasteiger partial charge in [-0.2, -0.15) is 0 Å². The normalized spacial score (nSPS) is 14.7. The minimum Gasteiger partial charge on any atom is -0.404 e. The lowest BCUT2D eigenvalue weighted by molar-refractivity contribution is -0.274. The van der Waals surface area contributed by atoms with Crippen LogP contribution in [0.1, 0.15) is 5.56 Å². The zero-order chi connectivity index (χ0) is 11.1. The van der Waals surface area contributed by atoms with E-state index in [0.29, 0.717) is 29.2 Å². The summed E-state index contributed by atoms with van der Waals surface area (Å²) in [6.45, 7) is 0.577. The van der Waals surface area contributed by atoms with Gasteiger partial charge >= 0.3 is 6.36 Å². The summed E-state index contributed by atoms with van der Waals surface area (Å²) >= 11 is 5.84. The second-order valence-electron chi connectivity index (χ2n) is 3.12. The zero-order valence-corrected chi connectivity index (χ0v) is 8.24. The molecule has 1 aromatic rings. The Bertz CT molecular complexity index is 392. The smallest absolute Gasteiger partial charge is 0.404 e. The fraction of sp³-hybridized carbons (Fsp3) is 0.333. The predicted octanol–water partition coefficient (Wildman–Crippen LogP) is 3.21. The van der Waals surface area contributed by atoms with Gasteiger partial charge in [-0.05, 0) is 24.1 Å². The molecule has 0 aliphatic carbocycles. The van der Waals surface area contributed by atoms with Crippen LogP contribution in [0.2, 0.25) is 5.02 Å². The number of fused-ring (bicyclic) bond motifs is 1. The molecule has 2 nitrogen and oxygen atoms in total. The first-order chi connectivity index (χ1) is 6.97. The molecule has 0 saturated carbocycles. The molecule has 0 atom stereocenters. The monoisotopic (exact) mass is 237 g/mol. The number of halogens is 4. The highest BCUT2D eigenvalue weighted by atomic mass is 35.5. The second kappa shape index (κ2) is 3.48. The lowest BCUT2D eigenvalue weighted by atomic mass is 10.1. The Morgan fingerprint density at radius 1 is 1.33 bits per heavy atom. The van der Waals surface area contributed by atoms with Crippen LogP contribution in [0.15, 0.2) is 12.1 Å². The Labute approximate surface area is 89.0 Å². The Hall–Kier alpha value is -1.10. The van der Waals surface area contributed by atoms with Crippen molar-refractivity contribution in [3.63, 3.8) is 0 Å². The molecule has 6 heteroatoms. The minimum atomic E-state index is -4.67. The Morgan fingerprint density at radius 3 is 2.73 bits per heavy atom. The first-order valence-electron chi connectivity index (χ1n) is 4.28. The molecule has 0 fully saturated rings. The van der Waals surface area contributed by atoms with Crippen molar-refractivity contribution >= 4 is 17.3 Å². The van der Waals surface area contributed by atoms with Crippen molar-refractivity contribution in [3.05, 3.63) is 22.7 Å². The third-order valence-corrected chi connectivity index (χ3v) is 2.47. The Morgan fingerprint density at radius 2 is 2.07 bits per heavy atom. The van der Waals surface area contributed by atoms with Gasteiger partial charge in [0.15, 0.2) is 5.75 Å². The Kier molecular flexibility index (Phi) is 2.42. The highest BCUT2D eigenvalue weighted by Crippen LogP contribution is 2.39. The average Bonchev–Trinajstić information content (AvgIpc) is 2.57. The van der Waals surface area contributed by atoms with Gasteiger partial charge in [0.2, 0.25) is 0 Å². The highest BCUT2D eigenvalue weighted by molar-refractivity contribution is 6.32. The van der Waals surface area contributed by atoms with E-state index in [-0.39, 0.29) is 5.75 Å². The first-order valence-corrected chi connectivity index (χ1v) is 4.66. The topological polar surface area (TPSA) is 21.3 Å². The van der Waals surface area contributed by atoms with Crippen LogP contribution in [0.25, 0.3) is 0 Å². The molecule has 0 aromatic heterocycles. The summed E-state index contributed by atoms with van der Waals surface area (Å²) in [5.74, 6) is -0.223. The van der Waals surface area contributed by atoms with Gasteiger partial charge in [0.25, 0.3) is 0 Å². The third kappa shape index (κ3) is 2.12. The van der Waals surface area contributed by atoms with Gasteiger partial charge in [-0.3, -0.25) is 0 Å². The maximum Gasteiger partial charge on any atom is 0.573 e. The van der Waals surface area contributed by atoms with E-state index in [4.69, 9.17) is 11.6 Å². The first kappa shape index (κ1) is 10.4. The summed E-state index contributed by atoms with van der Waals surface area (Å²) in [4.78, 5) is 0. The van der Waals surface area contributed by atoms with E-state index in [9.17, 15) is 13.2 Å². The Balaban J connectivity index is 2.38.